The van der Waals surface area contributed by atoms with Gasteiger partial charge in [0.05, 0.1) is 10.7 Å². The highest BCUT2D eigenvalue weighted by Crippen LogP contribution is 2.28. The number of benzene rings is 1. The number of hydrogen-bond donors (Lipinski definition) is 2. The van der Waals surface area contributed by atoms with E-state index in [2.05, 4.69) is 10.6 Å². The topological polar surface area (TPSA) is 78.5 Å². The van der Waals surface area contributed by atoms with Gasteiger partial charge in [-0.3, -0.25) is 14.5 Å². The molecule has 0 aliphatic carbocycles. The van der Waals surface area contributed by atoms with Crippen molar-refractivity contribution in [3.63, 3.8) is 0 Å². The first-order valence-corrected chi connectivity index (χ1v) is 8.62. The quantitative estimate of drug-likeness (QED) is 0.786. The molecule has 4 amide bonds. The molecule has 6 nitrogen and oxygen atoms in total. The molecule has 1 aromatic rings. The van der Waals surface area contributed by atoms with E-state index in [1.54, 1.807) is 13.0 Å². The lowest BCUT2D eigenvalue weighted by molar-refractivity contribution is -0.133. The van der Waals surface area contributed by atoms with Crippen molar-refractivity contribution in [1.29, 1.82) is 0 Å². The Labute approximate surface area is 152 Å². The van der Waals surface area contributed by atoms with Gasteiger partial charge in [0, 0.05) is 0 Å². The molecule has 0 bridgehead atoms. The lowest BCUT2D eigenvalue weighted by Gasteiger charge is -2.23. The van der Waals surface area contributed by atoms with Gasteiger partial charge in [-0.05, 0) is 50.3 Å². The molecule has 1 fully saturated rings. The third kappa shape index (κ3) is 4.12. The fraction of sp³-hybridized carbons (Fsp3) is 0.500. The molecule has 1 unspecified atom stereocenters. The van der Waals surface area contributed by atoms with Gasteiger partial charge in [0.1, 0.15) is 12.1 Å². The Morgan fingerprint density at radius 1 is 1.32 bits per heavy atom. The molecule has 1 aromatic carbocycles. The molecule has 0 radical (unpaired) electrons. The number of anilines is 1. The van der Waals surface area contributed by atoms with E-state index in [4.69, 9.17) is 11.6 Å². The molecule has 0 aromatic heterocycles. The number of hydrogen-bond acceptors (Lipinski definition) is 3. The van der Waals surface area contributed by atoms with Crippen LogP contribution < -0.4 is 10.6 Å². The van der Waals surface area contributed by atoms with Crippen molar-refractivity contribution in [2.24, 2.45) is 5.92 Å². The highest BCUT2D eigenvalue weighted by atomic mass is 35.5. The van der Waals surface area contributed by atoms with Crippen LogP contribution in [0.5, 0.6) is 0 Å². The molecule has 0 spiro atoms. The molecule has 136 valence electrons. The normalized spacial score (nSPS) is 20.2. The van der Waals surface area contributed by atoms with Crippen LogP contribution in [0, 0.1) is 19.8 Å². The summed E-state index contributed by atoms with van der Waals surface area (Å²) >= 11 is 6.18. The second kappa shape index (κ2) is 7.04. The van der Waals surface area contributed by atoms with Gasteiger partial charge in [0.25, 0.3) is 5.91 Å². The van der Waals surface area contributed by atoms with Crippen molar-refractivity contribution in [2.45, 2.75) is 46.6 Å². The molecule has 1 heterocycles. The summed E-state index contributed by atoms with van der Waals surface area (Å²) in [5, 5.41) is 5.81. The maximum absolute atomic E-state index is 12.6. The van der Waals surface area contributed by atoms with Crippen molar-refractivity contribution < 1.29 is 14.4 Å². The van der Waals surface area contributed by atoms with Crippen LogP contribution in [0.25, 0.3) is 0 Å². The van der Waals surface area contributed by atoms with Crippen molar-refractivity contribution in [3.8, 4) is 0 Å². The first kappa shape index (κ1) is 19.2. The number of amides is 4. The minimum atomic E-state index is -0.969. The number of rotatable bonds is 5. The summed E-state index contributed by atoms with van der Waals surface area (Å²) in [5.74, 6) is -0.615. The molecule has 1 aliphatic heterocycles. The van der Waals surface area contributed by atoms with E-state index in [0.29, 0.717) is 17.1 Å². The third-order valence-corrected chi connectivity index (χ3v) is 4.46. The predicted octanol–water partition coefficient (Wildman–Crippen LogP) is 3.25. The zero-order valence-electron chi connectivity index (χ0n) is 15.2. The van der Waals surface area contributed by atoms with Gasteiger partial charge in [-0.2, -0.15) is 0 Å². The molecule has 2 rings (SSSR count). The van der Waals surface area contributed by atoms with Crippen LogP contribution in [0.4, 0.5) is 10.5 Å². The first-order valence-electron chi connectivity index (χ1n) is 8.24. The van der Waals surface area contributed by atoms with Gasteiger partial charge in [-0.15, -0.1) is 0 Å². The third-order valence-electron chi connectivity index (χ3n) is 4.16. The second-order valence-electron chi connectivity index (χ2n) is 7.24. The number of urea groups is 1. The van der Waals surface area contributed by atoms with Gasteiger partial charge in [0.2, 0.25) is 5.91 Å². The molecule has 0 saturated carbocycles. The zero-order chi connectivity index (χ0) is 18.9. The fourth-order valence-electron chi connectivity index (χ4n) is 3.24. The highest BCUT2D eigenvalue weighted by Gasteiger charge is 2.48. The fourth-order valence-corrected chi connectivity index (χ4v) is 3.61. The Balaban J connectivity index is 2.11. The molecule has 7 heteroatoms. The molecule has 2 N–H and O–H groups in total. The van der Waals surface area contributed by atoms with E-state index >= 15 is 0 Å². The Morgan fingerprint density at radius 3 is 2.52 bits per heavy atom. The standard InChI is InChI=1S/C18H24ClN3O3/c1-10(2)8-18(5)16(24)22(17(25)21-18)9-14(23)20-15-12(4)6-11(3)7-13(15)19/h6-7,10H,8-9H2,1-5H3,(H,20,23)(H,21,25). The molecular formula is C18H24ClN3O3. The molecule has 1 saturated heterocycles. The largest absolute Gasteiger partial charge is 0.325 e. The number of carbonyl (C=O) groups is 3. The summed E-state index contributed by atoms with van der Waals surface area (Å²) in [6.07, 6.45) is 0.512. The average Bonchev–Trinajstić information content (AvgIpc) is 2.65. The number of aryl methyl sites for hydroxylation is 2. The Morgan fingerprint density at radius 2 is 1.96 bits per heavy atom. The number of halogens is 1. The summed E-state index contributed by atoms with van der Waals surface area (Å²) in [7, 11) is 0. The van der Waals surface area contributed by atoms with E-state index in [1.165, 1.54) is 0 Å². The average molecular weight is 366 g/mol. The second-order valence-corrected chi connectivity index (χ2v) is 7.65. The van der Waals surface area contributed by atoms with Crippen LogP contribution >= 0.6 is 11.6 Å². The van der Waals surface area contributed by atoms with Crippen LogP contribution in [-0.2, 0) is 9.59 Å². The van der Waals surface area contributed by atoms with Crippen LogP contribution in [0.3, 0.4) is 0 Å². The van der Waals surface area contributed by atoms with Crippen molar-refractivity contribution in [3.05, 3.63) is 28.3 Å². The van der Waals surface area contributed by atoms with E-state index in [0.717, 1.165) is 16.0 Å². The minimum Gasteiger partial charge on any atom is -0.323 e. The Bertz CT molecular complexity index is 709. The molecule has 25 heavy (non-hydrogen) atoms. The summed E-state index contributed by atoms with van der Waals surface area (Å²) in [6, 6.07) is 3.10. The van der Waals surface area contributed by atoms with Crippen LogP contribution in [-0.4, -0.2) is 34.8 Å². The van der Waals surface area contributed by atoms with E-state index in [9.17, 15) is 14.4 Å². The van der Waals surface area contributed by atoms with E-state index < -0.39 is 17.5 Å². The van der Waals surface area contributed by atoms with Crippen molar-refractivity contribution in [2.75, 3.05) is 11.9 Å². The summed E-state index contributed by atoms with van der Waals surface area (Å²) in [4.78, 5) is 38.0. The minimum absolute atomic E-state index is 0.233. The number of imide groups is 1. The SMILES string of the molecule is Cc1cc(C)c(NC(=O)CN2C(=O)NC(C)(CC(C)C)C2=O)c(Cl)c1. The van der Waals surface area contributed by atoms with Gasteiger partial charge in [-0.1, -0.05) is 31.5 Å². The van der Waals surface area contributed by atoms with Crippen LogP contribution in [0.1, 0.15) is 38.3 Å². The summed E-state index contributed by atoms with van der Waals surface area (Å²) in [5.41, 5.74) is 1.33. The first-order chi connectivity index (χ1) is 11.5. The maximum Gasteiger partial charge on any atom is 0.325 e. The number of carbonyl (C=O) groups excluding carboxylic acids is 3. The number of nitrogens with zero attached hydrogens (tertiary/aromatic N) is 1. The molecular weight excluding hydrogens is 342 g/mol. The van der Waals surface area contributed by atoms with Crippen molar-refractivity contribution >= 4 is 35.1 Å². The Kier molecular flexibility index (Phi) is 5.42. The van der Waals surface area contributed by atoms with Gasteiger partial charge >= 0.3 is 6.03 Å². The number of nitrogens with one attached hydrogen (secondary N) is 2. The van der Waals surface area contributed by atoms with Crippen molar-refractivity contribution in [1.82, 2.24) is 10.2 Å². The van der Waals surface area contributed by atoms with Gasteiger partial charge in [0.15, 0.2) is 0 Å². The maximum atomic E-state index is 12.6. The van der Waals surface area contributed by atoms with E-state index in [1.807, 2.05) is 33.8 Å². The lowest BCUT2D eigenvalue weighted by Crippen LogP contribution is -2.45. The lowest BCUT2D eigenvalue weighted by atomic mass is 9.91. The summed E-state index contributed by atoms with van der Waals surface area (Å²) in [6.45, 7) is 9.04. The van der Waals surface area contributed by atoms with Crippen LogP contribution in [0.2, 0.25) is 5.02 Å². The van der Waals surface area contributed by atoms with Gasteiger partial charge < -0.3 is 10.6 Å². The van der Waals surface area contributed by atoms with Gasteiger partial charge in [-0.25, -0.2) is 4.79 Å². The predicted molar refractivity (Wildman–Crippen MR) is 97.7 cm³/mol. The zero-order valence-corrected chi connectivity index (χ0v) is 16.0. The summed E-state index contributed by atoms with van der Waals surface area (Å²) < 4.78 is 0. The smallest absolute Gasteiger partial charge is 0.323 e. The Hall–Kier alpha value is -2.08. The molecule has 1 aliphatic rings. The molecule has 1 atom stereocenters. The van der Waals surface area contributed by atoms with Crippen LogP contribution in [0.15, 0.2) is 12.1 Å². The highest BCUT2D eigenvalue weighted by molar-refractivity contribution is 6.34. The monoisotopic (exact) mass is 365 g/mol. The van der Waals surface area contributed by atoms with E-state index in [-0.39, 0.29) is 18.4 Å².